The minimum atomic E-state index is -0.208. The van der Waals surface area contributed by atoms with Crippen LogP contribution in [0.1, 0.15) is 36.8 Å². The molecule has 0 bridgehead atoms. The number of anilines is 2. The van der Waals surface area contributed by atoms with Gasteiger partial charge in [-0.05, 0) is 32.1 Å². The van der Waals surface area contributed by atoms with Crippen LogP contribution in [0, 0.1) is 0 Å². The van der Waals surface area contributed by atoms with Gasteiger partial charge in [0.1, 0.15) is 5.82 Å². The van der Waals surface area contributed by atoms with Gasteiger partial charge in [0.05, 0.1) is 19.3 Å². The van der Waals surface area contributed by atoms with Crippen molar-refractivity contribution in [2.24, 2.45) is 0 Å². The third-order valence-corrected chi connectivity index (χ3v) is 3.95. The van der Waals surface area contributed by atoms with Crippen LogP contribution in [0.4, 0.5) is 11.6 Å². The molecule has 4 N–H and O–H groups in total. The van der Waals surface area contributed by atoms with Crippen molar-refractivity contribution >= 4 is 11.6 Å². The Morgan fingerprint density at radius 1 is 1.26 bits per heavy atom. The molecule has 0 radical (unpaired) electrons. The summed E-state index contributed by atoms with van der Waals surface area (Å²) in [6, 6.07) is 0.257. The lowest BCUT2D eigenvalue weighted by Gasteiger charge is -2.28. The van der Waals surface area contributed by atoms with E-state index in [0.717, 1.165) is 49.0 Å². The van der Waals surface area contributed by atoms with Gasteiger partial charge in [-0.1, -0.05) is 0 Å². The first-order chi connectivity index (χ1) is 9.24. The second-order valence-corrected chi connectivity index (χ2v) is 5.36. The van der Waals surface area contributed by atoms with Gasteiger partial charge in [-0.15, -0.1) is 10.2 Å². The molecule has 2 heterocycles. The Kier molecular flexibility index (Phi) is 3.52. The second kappa shape index (κ2) is 5.30. The minimum absolute atomic E-state index is 0.208. The monoisotopic (exact) mass is 264 g/mol. The number of hydrogen-bond donors (Lipinski definition) is 3. The number of ether oxygens (including phenoxy) is 1. The van der Waals surface area contributed by atoms with Crippen molar-refractivity contribution in [3.8, 4) is 0 Å². The molecule has 1 aromatic heterocycles. The maximum atomic E-state index is 9.72. The van der Waals surface area contributed by atoms with Crippen molar-refractivity contribution < 1.29 is 9.84 Å². The maximum absolute atomic E-state index is 9.72. The first kappa shape index (κ1) is 12.6. The SMILES string of the molecule is Nc1nnc(N[C@@H]2CCC[C@H](O)C2)c2c1CCOC2. The molecule has 6 heteroatoms. The van der Waals surface area contributed by atoms with E-state index in [9.17, 15) is 5.11 Å². The molecule has 19 heavy (non-hydrogen) atoms. The minimum Gasteiger partial charge on any atom is -0.393 e. The molecule has 1 aromatic rings. The first-order valence-corrected chi connectivity index (χ1v) is 6.90. The van der Waals surface area contributed by atoms with Crippen molar-refractivity contribution in [3.63, 3.8) is 0 Å². The number of aliphatic hydroxyl groups excluding tert-OH is 1. The van der Waals surface area contributed by atoms with Gasteiger partial charge in [-0.25, -0.2) is 0 Å². The topological polar surface area (TPSA) is 93.3 Å². The predicted octanol–water partition coefficient (Wildman–Crippen LogP) is 0.847. The van der Waals surface area contributed by atoms with E-state index in [1.54, 1.807) is 0 Å². The third kappa shape index (κ3) is 2.64. The fourth-order valence-corrected chi connectivity index (χ4v) is 2.91. The molecule has 2 aliphatic rings. The third-order valence-electron chi connectivity index (χ3n) is 3.95. The van der Waals surface area contributed by atoms with Gasteiger partial charge >= 0.3 is 0 Å². The van der Waals surface area contributed by atoms with Gasteiger partial charge < -0.3 is 20.9 Å². The molecule has 1 aliphatic carbocycles. The summed E-state index contributed by atoms with van der Waals surface area (Å²) in [6.07, 6.45) is 4.34. The van der Waals surface area contributed by atoms with Gasteiger partial charge in [0.2, 0.25) is 0 Å². The van der Waals surface area contributed by atoms with Crippen molar-refractivity contribution in [1.29, 1.82) is 0 Å². The fourth-order valence-electron chi connectivity index (χ4n) is 2.91. The molecule has 3 rings (SSSR count). The van der Waals surface area contributed by atoms with Gasteiger partial charge in [-0.2, -0.15) is 0 Å². The van der Waals surface area contributed by atoms with Gasteiger partial charge in [-0.3, -0.25) is 0 Å². The zero-order valence-electron chi connectivity index (χ0n) is 10.9. The van der Waals surface area contributed by atoms with Gasteiger partial charge in [0, 0.05) is 17.2 Å². The summed E-state index contributed by atoms with van der Waals surface area (Å²) in [6.45, 7) is 1.22. The second-order valence-electron chi connectivity index (χ2n) is 5.36. The molecule has 0 saturated heterocycles. The van der Waals surface area contributed by atoms with Crippen molar-refractivity contribution in [1.82, 2.24) is 10.2 Å². The van der Waals surface area contributed by atoms with Crippen LogP contribution in [0.5, 0.6) is 0 Å². The Bertz CT molecular complexity index is 466. The summed E-state index contributed by atoms with van der Waals surface area (Å²) in [7, 11) is 0. The zero-order chi connectivity index (χ0) is 13.2. The summed E-state index contributed by atoms with van der Waals surface area (Å²) in [4.78, 5) is 0. The molecule has 0 aromatic carbocycles. The lowest BCUT2D eigenvalue weighted by atomic mass is 9.93. The number of hydrogen-bond acceptors (Lipinski definition) is 6. The van der Waals surface area contributed by atoms with Gasteiger partial charge in [0.15, 0.2) is 5.82 Å². The van der Waals surface area contributed by atoms with E-state index in [-0.39, 0.29) is 12.1 Å². The molecule has 1 saturated carbocycles. The summed E-state index contributed by atoms with van der Waals surface area (Å²) < 4.78 is 5.49. The maximum Gasteiger partial charge on any atom is 0.154 e. The van der Waals surface area contributed by atoms with Crippen LogP contribution in [0.3, 0.4) is 0 Å². The van der Waals surface area contributed by atoms with E-state index in [1.165, 1.54) is 0 Å². The normalized spacial score (nSPS) is 26.8. The van der Waals surface area contributed by atoms with E-state index in [0.29, 0.717) is 19.0 Å². The van der Waals surface area contributed by atoms with Crippen LogP contribution in [-0.4, -0.2) is 34.1 Å². The van der Waals surface area contributed by atoms with E-state index < -0.39 is 0 Å². The lowest BCUT2D eigenvalue weighted by molar-refractivity contribution is 0.110. The number of rotatable bonds is 2. The molecule has 0 amide bonds. The Labute approximate surface area is 112 Å². The Morgan fingerprint density at radius 3 is 3.00 bits per heavy atom. The number of fused-ring (bicyclic) bond motifs is 1. The van der Waals surface area contributed by atoms with E-state index in [2.05, 4.69) is 15.5 Å². The summed E-state index contributed by atoms with van der Waals surface area (Å²) in [5.41, 5.74) is 7.95. The number of aliphatic hydroxyl groups is 1. The largest absolute Gasteiger partial charge is 0.393 e. The molecule has 0 spiro atoms. The number of nitrogens with two attached hydrogens (primary N) is 1. The Hall–Kier alpha value is -1.40. The number of aromatic nitrogens is 2. The molecule has 2 atom stereocenters. The molecule has 6 nitrogen and oxygen atoms in total. The highest BCUT2D eigenvalue weighted by Gasteiger charge is 2.24. The number of nitrogen functional groups attached to an aromatic ring is 1. The molecule has 0 unspecified atom stereocenters. The molecular weight excluding hydrogens is 244 g/mol. The first-order valence-electron chi connectivity index (χ1n) is 6.90. The molecule has 104 valence electrons. The van der Waals surface area contributed by atoms with Crippen LogP contribution in [-0.2, 0) is 17.8 Å². The van der Waals surface area contributed by atoms with E-state index >= 15 is 0 Å². The summed E-state index contributed by atoms with van der Waals surface area (Å²) in [5.74, 6) is 1.27. The van der Waals surface area contributed by atoms with Gasteiger partial charge in [0.25, 0.3) is 0 Å². The number of nitrogens with one attached hydrogen (secondary N) is 1. The van der Waals surface area contributed by atoms with E-state index in [4.69, 9.17) is 10.5 Å². The quantitative estimate of drug-likeness (QED) is 0.733. The Morgan fingerprint density at radius 2 is 2.16 bits per heavy atom. The van der Waals surface area contributed by atoms with Crippen LogP contribution >= 0.6 is 0 Å². The molecule has 1 aliphatic heterocycles. The Balaban J connectivity index is 1.81. The smallest absolute Gasteiger partial charge is 0.154 e. The van der Waals surface area contributed by atoms with Crippen molar-refractivity contribution in [2.45, 2.75) is 50.9 Å². The highest BCUT2D eigenvalue weighted by molar-refractivity contribution is 5.56. The van der Waals surface area contributed by atoms with Crippen molar-refractivity contribution in [3.05, 3.63) is 11.1 Å². The molecular formula is C13H20N4O2. The zero-order valence-corrected chi connectivity index (χ0v) is 10.9. The van der Waals surface area contributed by atoms with Crippen molar-refractivity contribution in [2.75, 3.05) is 17.7 Å². The van der Waals surface area contributed by atoms with Crippen LogP contribution in [0.15, 0.2) is 0 Å². The standard InChI is InChI=1S/C13H20N4O2/c14-12-10-4-5-19-7-11(10)13(17-16-12)15-8-2-1-3-9(18)6-8/h8-9,18H,1-7H2,(H2,14,16)(H,15,17)/t8-,9+/m1/s1. The van der Waals surface area contributed by atoms with E-state index in [1.807, 2.05) is 0 Å². The highest BCUT2D eigenvalue weighted by Crippen LogP contribution is 2.28. The fraction of sp³-hybridized carbons (Fsp3) is 0.692. The highest BCUT2D eigenvalue weighted by atomic mass is 16.5. The number of nitrogens with zero attached hydrogens (tertiary/aromatic N) is 2. The predicted molar refractivity (Wildman–Crippen MR) is 71.7 cm³/mol. The van der Waals surface area contributed by atoms with Crippen LogP contribution in [0.2, 0.25) is 0 Å². The summed E-state index contributed by atoms with van der Waals surface area (Å²) in [5, 5.41) is 21.3. The molecule has 1 fully saturated rings. The van der Waals surface area contributed by atoms with Crippen LogP contribution in [0.25, 0.3) is 0 Å². The summed E-state index contributed by atoms with van der Waals surface area (Å²) >= 11 is 0. The lowest BCUT2D eigenvalue weighted by Crippen LogP contribution is -2.31. The van der Waals surface area contributed by atoms with Crippen LogP contribution < -0.4 is 11.1 Å². The average Bonchev–Trinajstić information content (AvgIpc) is 2.42. The average molecular weight is 264 g/mol.